The number of hydrogen-bond donors (Lipinski definition) is 2. The molecular formula is C7H13NO. The Balaban J connectivity index is 2.06. The van der Waals surface area contributed by atoms with E-state index >= 15 is 0 Å². The van der Waals surface area contributed by atoms with Crippen LogP contribution in [-0.4, -0.2) is 17.3 Å². The molecule has 0 saturated heterocycles. The maximum Gasteiger partial charge on any atom is 0.0725 e. The fourth-order valence-electron chi connectivity index (χ4n) is 2.31. The molecule has 0 spiro atoms. The molecule has 0 aromatic heterocycles. The third-order valence-electron chi connectivity index (χ3n) is 2.95. The fourth-order valence-corrected chi connectivity index (χ4v) is 2.31. The highest BCUT2D eigenvalue weighted by Crippen LogP contribution is 2.45. The molecule has 0 radical (unpaired) electrons. The van der Waals surface area contributed by atoms with E-state index in [0.29, 0.717) is 11.8 Å². The molecule has 9 heavy (non-hydrogen) atoms. The van der Waals surface area contributed by atoms with Gasteiger partial charge in [-0.25, -0.2) is 0 Å². The SMILES string of the molecule is N[C@H]1[C@@H](O)[C@H]2CCC[C@@H]12. The lowest BCUT2D eigenvalue weighted by atomic mass is 9.69. The Bertz CT molecular complexity index is 112. The van der Waals surface area contributed by atoms with Gasteiger partial charge in [-0.3, -0.25) is 0 Å². The molecule has 2 aliphatic rings. The molecule has 0 aromatic rings. The maximum absolute atomic E-state index is 9.26. The highest BCUT2D eigenvalue weighted by molar-refractivity contribution is 5.03. The van der Waals surface area contributed by atoms with Crippen LogP contribution in [0.15, 0.2) is 0 Å². The number of aliphatic hydroxyl groups excluding tert-OH is 1. The summed E-state index contributed by atoms with van der Waals surface area (Å²) in [6.07, 6.45) is 3.57. The van der Waals surface area contributed by atoms with Crippen molar-refractivity contribution >= 4 is 0 Å². The van der Waals surface area contributed by atoms with Gasteiger partial charge in [0.25, 0.3) is 0 Å². The second-order valence-electron chi connectivity index (χ2n) is 3.33. The summed E-state index contributed by atoms with van der Waals surface area (Å²) in [5.41, 5.74) is 5.66. The first-order valence-corrected chi connectivity index (χ1v) is 3.74. The van der Waals surface area contributed by atoms with Crippen LogP contribution >= 0.6 is 0 Å². The van der Waals surface area contributed by atoms with Crippen molar-refractivity contribution in [2.75, 3.05) is 0 Å². The van der Waals surface area contributed by atoms with Gasteiger partial charge in [0.1, 0.15) is 0 Å². The molecule has 4 atom stereocenters. The van der Waals surface area contributed by atoms with Crippen LogP contribution < -0.4 is 5.73 Å². The summed E-state index contributed by atoms with van der Waals surface area (Å²) in [7, 11) is 0. The lowest BCUT2D eigenvalue weighted by Crippen LogP contribution is -2.57. The van der Waals surface area contributed by atoms with Crippen molar-refractivity contribution in [1.29, 1.82) is 0 Å². The highest BCUT2D eigenvalue weighted by Gasteiger charge is 2.49. The molecule has 2 rings (SSSR count). The standard InChI is InChI=1S/C7H13NO/c8-6-4-2-1-3-5(4)7(6)9/h4-7,9H,1-3,8H2/t4-,5+,6-,7+/m1/s1. The lowest BCUT2D eigenvalue weighted by Gasteiger charge is -2.43. The Morgan fingerprint density at radius 3 is 2.56 bits per heavy atom. The van der Waals surface area contributed by atoms with E-state index in [1.165, 1.54) is 19.3 Å². The number of fused-ring (bicyclic) bond motifs is 1. The molecule has 2 heteroatoms. The second-order valence-corrected chi connectivity index (χ2v) is 3.33. The fraction of sp³-hybridized carbons (Fsp3) is 1.00. The van der Waals surface area contributed by atoms with Crippen LogP contribution in [0.5, 0.6) is 0 Å². The van der Waals surface area contributed by atoms with Gasteiger partial charge < -0.3 is 10.8 Å². The molecule has 2 fully saturated rings. The first-order valence-electron chi connectivity index (χ1n) is 3.74. The van der Waals surface area contributed by atoms with Gasteiger partial charge in [-0.1, -0.05) is 6.42 Å². The van der Waals surface area contributed by atoms with Crippen LogP contribution in [0.2, 0.25) is 0 Å². The van der Waals surface area contributed by atoms with Crippen molar-refractivity contribution < 1.29 is 5.11 Å². The van der Waals surface area contributed by atoms with Crippen LogP contribution in [0.25, 0.3) is 0 Å². The van der Waals surface area contributed by atoms with Gasteiger partial charge >= 0.3 is 0 Å². The highest BCUT2D eigenvalue weighted by atomic mass is 16.3. The van der Waals surface area contributed by atoms with E-state index in [1.54, 1.807) is 0 Å². The molecule has 0 aromatic carbocycles. The molecule has 0 unspecified atom stereocenters. The number of nitrogens with two attached hydrogens (primary N) is 1. The average Bonchev–Trinajstić information content (AvgIpc) is 2.30. The summed E-state index contributed by atoms with van der Waals surface area (Å²) in [4.78, 5) is 0. The minimum Gasteiger partial charge on any atom is -0.391 e. The predicted octanol–water partition coefficient (Wildman–Crippen LogP) is 0.104. The third kappa shape index (κ3) is 0.578. The monoisotopic (exact) mass is 127 g/mol. The van der Waals surface area contributed by atoms with Gasteiger partial charge in [0, 0.05) is 6.04 Å². The van der Waals surface area contributed by atoms with Crippen molar-refractivity contribution in [3.05, 3.63) is 0 Å². The zero-order chi connectivity index (χ0) is 6.43. The number of hydrogen-bond acceptors (Lipinski definition) is 2. The first-order chi connectivity index (χ1) is 4.30. The van der Waals surface area contributed by atoms with E-state index in [9.17, 15) is 5.11 Å². The van der Waals surface area contributed by atoms with Gasteiger partial charge in [0.2, 0.25) is 0 Å². The van der Waals surface area contributed by atoms with Crippen molar-refractivity contribution in [2.45, 2.75) is 31.4 Å². The van der Waals surface area contributed by atoms with E-state index < -0.39 is 0 Å². The van der Waals surface area contributed by atoms with Crippen LogP contribution in [0.1, 0.15) is 19.3 Å². The van der Waals surface area contributed by atoms with Crippen LogP contribution in [0, 0.1) is 11.8 Å². The molecule has 3 N–H and O–H groups in total. The molecule has 2 aliphatic carbocycles. The Hall–Kier alpha value is -0.0800. The summed E-state index contributed by atoms with van der Waals surface area (Å²) >= 11 is 0. The van der Waals surface area contributed by atoms with E-state index in [-0.39, 0.29) is 12.1 Å². The summed E-state index contributed by atoms with van der Waals surface area (Å²) in [6.45, 7) is 0. The van der Waals surface area contributed by atoms with Gasteiger partial charge in [0.15, 0.2) is 0 Å². The largest absolute Gasteiger partial charge is 0.391 e. The second kappa shape index (κ2) is 1.70. The van der Waals surface area contributed by atoms with Crippen molar-refractivity contribution in [1.82, 2.24) is 0 Å². The van der Waals surface area contributed by atoms with Gasteiger partial charge in [-0.15, -0.1) is 0 Å². The molecule has 0 amide bonds. The molecule has 0 aliphatic heterocycles. The molecule has 0 bridgehead atoms. The van der Waals surface area contributed by atoms with E-state index in [1.807, 2.05) is 0 Å². The summed E-state index contributed by atoms with van der Waals surface area (Å²) in [6, 6.07) is 0.109. The van der Waals surface area contributed by atoms with Crippen molar-refractivity contribution in [3.8, 4) is 0 Å². The average molecular weight is 127 g/mol. The Labute approximate surface area is 55.1 Å². The maximum atomic E-state index is 9.26. The molecular weight excluding hydrogens is 114 g/mol. The molecule has 2 nitrogen and oxygen atoms in total. The predicted molar refractivity (Wildman–Crippen MR) is 34.8 cm³/mol. The smallest absolute Gasteiger partial charge is 0.0725 e. The van der Waals surface area contributed by atoms with Crippen LogP contribution in [0.4, 0.5) is 0 Å². The number of aliphatic hydroxyl groups is 1. The Morgan fingerprint density at radius 1 is 1.22 bits per heavy atom. The Morgan fingerprint density at radius 2 is 1.89 bits per heavy atom. The zero-order valence-electron chi connectivity index (χ0n) is 5.46. The van der Waals surface area contributed by atoms with E-state index in [4.69, 9.17) is 5.73 Å². The van der Waals surface area contributed by atoms with E-state index in [0.717, 1.165) is 0 Å². The third-order valence-corrected chi connectivity index (χ3v) is 2.95. The minimum atomic E-state index is -0.169. The van der Waals surface area contributed by atoms with Crippen molar-refractivity contribution in [3.63, 3.8) is 0 Å². The van der Waals surface area contributed by atoms with Crippen LogP contribution in [0.3, 0.4) is 0 Å². The molecule has 0 heterocycles. The first kappa shape index (κ1) is 5.69. The van der Waals surface area contributed by atoms with Crippen LogP contribution in [-0.2, 0) is 0 Å². The van der Waals surface area contributed by atoms with Gasteiger partial charge in [0.05, 0.1) is 6.10 Å². The summed E-state index contributed by atoms with van der Waals surface area (Å²) in [5.74, 6) is 1.24. The van der Waals surface area contributed by atoms with Gasteiger partial charge in [-0.05, 0) is 24.7 Å². The lowest BCUT2D eigenvalue weighted by molar-refractivity contribution is -0.0391. The van der Waals surface area contributed by atoms with Gasteiger partial charge in [-0.2, -0.15) is 0 Å². The zero-order valence-corrected chi connectivity index (χ0v) is 5.46. The summed E-state index contributed by atoms with van der Waals surface area (Å²) in [5, 5.41) is 9.26. The summed E-state index contributed by atoms with van der Waals surface area (Å²) < 4.78 is 0. The van der Waals surface area contributed by atoms with E-state index in [2.05, 4.69) is 0 Å². The topological polar surface area (TPSA) is 46.2 Å². The minimum absolute atomic E-state index is 0.109. The Kier molecular flexibility index (Phi) is 1.08. The van der Waals surface area contributed by atoms with Crippen molar-refractivity contribution in [2.24, 2.45) is 17.6 Å². The number of rotatable bonds is 0. The molecule has 52 valence electrons. The molecule has 2 saturated carbocycles. The normalized spacial score (nSPS) is 56.7. The quantitative estimate of drug-likeness (QED) is 0.485.